The highest BCUT2D eigenvalue weighted by molar-refractivity contribution is 5.75. The van der Waals surface area contributed by atoms with Crippen LogP contribution in [-0.2, 0) is 5.41 Å². The van der Waals surface area contributed by atoms with Gasteiger partial charge >= 0.3 is 0 Å². The first kappa shape index (κ1) is 23.8. The maximum atomic E-state index is 14.1. The molecule has 1 unspecified atom stereocenters. The molecule has 2 N–H and O–H groups in total. The van der Waals surface area contributed by atoms with Gasteiger partial charge in [0.15, 0.2) is 11.6 Å². The van der Waals surface area contributed by atoms with E-state index in [1.54, 1.807) is 12.4 Å². The summed E-state index contributed by atoms with van der Waals surface area (Å²) in [7, 11) is 1.86. The average Bonchev–Trinajstić information content (AvgIpc) is 3.26. The first-order chi connectivity index (χ1) is 17.7. The van der Waals surface area contributed by atoms with E-state index in [0.717, 1.165) is 54.6 Å². The van der Waals surface area contributed by atoms with Crippen LogP contribution in [0.5, 0.6) is 0 Å². The fraction of sp³-hybridized carbons (Fsp3) is 0.481. The van der Waals surface area contributed by atoms with Crippen molar-refractivity contribution in [3.63, 3.8) is 0 Å². The summed E-state index contributed by atoms with van der Waals surface area (Å²) < 4.78 is 27.8. The molecule has 2 fully saturated rings. The molecule has 2 bridgehead atoms. The van der Waals surface area contributed by atoms with Gasteiger partial charge in [0.05, 0.1) is 0 Å². The third kappa shape index (κ3) is 4.12. The van der Waals surface area contributed by atoms with Crippen molar-refractivity contribution in [3.8, 4) is 0 Å². The molecule has 1 aliphatic carbocycles. The number of rotatable bonds is 5. The first-order valence-electron chi connectivity index (χ1n) is 12.9. The first-order valence-corrected chi connectivity index (χ1v) is 12.9. The van der Waals surface area contributed by atoms with E-state index in [9.17, 15) is 8.78 Å². The molecule has 3 aliphatic rings. The molecule has 0 radical (unpaired) electrons. The van der Waals surface area contributed by atoms with E-state index < -0.39 is 11.6 Å². The Hall–Kier alpha value is -3.56. The number of aromatic nitrogens is 4. The predicted octanol–water partition coefficient (Wildman–Crippen LogP) is 4.65. The average molecular weight is 507 g/mol. The zero-order valence-electron chi connectivity index (χ0n) is 21.6. The lowest BCUT2D eigenvalue weighted by Crippen LogP contribution is -2.48. The molecule has 4 heterocycles. The van der Waals surface area contributed by atoms with Gasteiger partial charge in [0.25, 0.3) is 0 Å². The second-order valence-electron chi connectivity index (χ2n) is 11.1. The van der Waals surface area contributed by atoms with Crippen LogP contribution in [0.1, 0.15) is 37.9 Å². The number of anilines is 5. The van der Waals surface area contributed by atoms with Crippen molar-refractivity contribution in [1.29, 1.82) is 0 Å². The van der Waals surface area contributed by atoms with Crippen LogP contribution in [0, 0.1) is 30.4 Å². The molecule has 1 saturated carbocycles. The summed E-state index contributed by atoms with van der Waals surface area (Å²) in [6.07, 6.45) is 3.91. The summed E-state index contributed by atoms with van der Waals surface area (Å²) in [5.74, 6) is 2.18. The summed E-state index contributed by atoms with van der Waals surface area (Å²) in [4.78, 5) is 22.9. The van der Waals surface area contributed by atoms with Crippen LogP contribution in [0.2, 0.25) is 0 Å². The van der Waals surface area contributed by atoms with Crippen LogP contribution in [0.15, 0.2) is 30.6 Å². The number of fused-ring (bicyclic) bond motifs is 3. The Labute approximate surface area is 215 Å². The number of piperidine rings is 1. The molecule has 2 aliphatic heterocycles. The highest BCUT2D eigenvalue weighted by Gasteiger charge is 2.44. The lowest BCUT2D eigenvalue weighted by molar-refractivity contribution is 0.375. The SMILES string of the molecule is CNc1nc(NC2[C@@H]3CC[C@H]2CN(c2cc(C)ncn2)C3)nc2c1C(C)(C)CN2c1ccc(F)c(F)c1. The third-order valence-corrected chi connectivity index (χ3v) is 8.07. The van der Waals surface area contributed by atoms with Crippen molar-refractivity contribution in [1.82, 2.24) is 19.9 Å². The second-order valence-corrected chi connectivity index (χ2v) is 11.1. The van der Waals surface area contributed by atoms with Crippen molar-refractivity contribution < 1.29 is 8.78 Å². The van der Waals surface area contributed by atoms with E-state index >= 15 is 0 Å². The fourth-order valence-electron chi connectivity index (χ4n) is 6.34. The molecule has 3 aromatic rings. The van der Waals surface area contributed by atoms with Crippen LogP contribution < -0.4 is 20.4 Å². The van der Waals surface area contributed by atoms with Crippen LogP contribution in [0.25, 0.3) is 0 Å². The molecule has 6 rings (SSSR count). The minimum atomic E-state index is -0.868. The Balaban J connectivity index is 1.30. The zero-order valence-corrected chi connectivity index (χ0v) is 21.6. The third-order valence-electron chi connectivity index (χ3n) is 8.07. The maximum absolute atomic E-state index is 14.1. The van der Waals surface area contributed by atoms with Crippen LogP contribution in [0.3, 0.4) is 0 Å². The largest absolute Gasteiger partial charge is 0.373 e. The Morgan fingerprint density at radius 1 is 1.00 bits per heavy atom. The van der Waals surface area contributed by atoms with Crippen LogP contribution >= 0.6 is 0 Å². The van der Waals surface area contributed by atoms with Gasteiger partial charge < -0.3 is 20.4 Å². The number of aryl methyl sites for hydroxylation is 1. The van der Waals surface area contributed by atoms with E-state index in [1.165, 1.54) is 12.1 Å². The van der Waals surface area contributed by atoms with Crippen molar-refractivity contribution in [2.75, 3.05) is 47.1 Å². The Kier molecular flexibility index (Phi) is 5.65. The van der Waals surface area contributed by atoms with E-state index in [0.29, 0.717) is 30.0 Å². The van der Waals surface area contributed by atoms with Crippen molar-refractivity contribution in [2.24, 2.45) is 11.8 Å². The number of benzene rings is 1. The number of nitrogens with one attached hydrogen (secondary N) is 2. The zero-order chi connectivity index (χ0) is 25.9. The molecule has 37 heavy (non-hydrogen) atoms. The minimum absolute atomic E-state index is 0.257. The van der Waals surface area contributed by atoms with Gasteiger partial charge in [-0.1, -0.05) is 13.8 Å². The maximum Gasteiger partial charge on any atom is 0.226 e. The summed E-state index contributed by atoms with van der Waals surface area (Å²) in [5, 5.41) is 6.92. The number of hydrogen-bond acceptors (Lipinski definition) is 8. The molecule has 2 aromatic heterocycles. The lowest BCUT2D eigenvalue weighted by atomic mass is 9.88. The van der Waals surface area contributed by atoms with Gasteiger partial charge in [0, 0.05) is 67.2 Å². The van der Waals surface area contributed by atoms with Gasteiger partial charge in [-0.2, -0.15) is 9.97 Å². The number of halogens is 2. The van der Waals surface area contributed by atoms with E-state index in [-0.39, 0.29) is 11.5 Å². The summed E-state index contributed by atoms with van der Waals surface area (Å²) in [5.41, 5.74) is 2.24. The van der Waals surface area contributed by atoms with Gasteiger partial charge in [-0.3, -0.25) is 0 Å². The lowest BCUT2D eigenvalue weighted by Gasteiger charge is -2.39. The summed E-state index contributed by atoms with van der Waals surface area (Å²) >= 11 is 0. The summed E-state index contributed by atoms with van der Waals surface area (Å²) in [6, 6.07) is 6.31. The van der Waals surface area contributed by atoms with Gasteiger partial charge in [-0.05, 0) is 43.7 Å². The van der Waals surface area contributed by atoms with Gasteiger partial charge in [0.2, 0.25) is 5.95 Å². The quantitative estimate of drug-likeness (QED) is 0.518. The summed E-state index contributed by atoms with van der Waals surface area (Å²) in [6.45, 7) is 8.65. The molecule has 0 spiro atoms. The van der Waals surface area contributed by atoms with Crippen LogP contribution in [0.4, 0.5) is 37.9 Å². The number of hydrogen-bond donors (Lipinski definition) is 2. The molecule has 10 heteroatoms. The molecule has 194 valence electrons. The Morgan fingerprint density at radius 3 is 2.43 bits per heavy atom. The van der Waals surface area contributed by atoms with Gasteiger partial charge in [0.1, 0.15) is 23.8 Å². The smallest absolute Gasteiger partial charge is 0.226 e. The predicted molar refractivity (Wildman–Crippen MR) is 141 cm³/mol. The van der Waals surface area contributed by atoms with Crippen LogP contribution in [-0.4, -0.2) is 52.7 Å². The topological polar surface area (TPSA) is 82.1 Å². The van der Waals surface area contributed by atoms with Gasteiger partial charge in [-0.25, -0.2) is 18.7 Å². The molecular formula is C27H32F2N8. The fourth-order valence-corrected chi connectivity index (χ4v) is 6.34. The monoisotopic (exact) mass is 506 g/mol. The molecule has 8 nitrogen and oxygen atoms in total. The normalized spacial score (nSPS) is 23.8. The molecule has 1 saturated heterocycles. The highest BCUT2D eigenvalue weighted by Crippen LogP contribution is 2.47. The second kappa shape index (κ2) is 8.78. The molecule has 3 atom stereocenters. The van der Waals surface area contributed by atoms with Gasteiger partial charge in [-0.15, -0.1) is 0 Å². The Bertz CT molecular complexity index is 1330. The van der Waals surface area contributed by atoms with E-state index in [2.05, 4.69) is 39.3 Å². The van der Waals surface area contributed by atoms with Crippen molar-refractivity contribution >= 4 is 29.1 Å². The molecule has 1 aromatic carbocycles. The van der Waals surface area contributed by atoms with E-state index in [1.807, 2.05) is 24.9 Å². The van der Waals surface area contributed by atoms with Crippen molar-refractivity contribution in [2.45, 2.75) is 45.1 Å². The van der Waals surface area contributed by atoms with E-state index in [4.69, 9.17) is 9.97 Å². The molecular weight excluding hydrogens is 474 g/mol. The number of nitrogens with zero attached hydrogens (tertiary/aromatic N) is 6. The highest BCUT2D eigenvalue weighted by atomic mass is 19.2. The minimum Gasteiger partial charge on any atom is -0.373 e. The Morgan fingerprint density at radius 2 is 1.76 bits per heavy atom. The standard InChI is InChI=1S/C27H32F2N8/c1-15-9-21(32-14-31-15)36-11-16-5-6-17(12-36)23(16)33-26-34-24(30-4)22-25(35-26)37(13-27(22,2)3)18-7-8-19(28)20(29)10-18/h7-10,14,16-17,23H,5-6,11-13H2,1-4H3,(H2,30,33,34,35)/t16-,17+,23?. The van der Waals surface area contributed by atoms with Crippen molar-refractivity contribution in [3.05, 3.63) is 53.5 Å². The molecule has 0 amide bonds.